The second-order valence-electron chi connectivity index (χ2n) is 7.27. The van der Waals surface area contributed by atoms with E-state index in [1.807, 2.05) is 13.8 Å². The Morgan fingerprint density at radius 1 is 1.17 bits per heavy atom. The Bertz CT molecular complexity index is 1000. The largest absolute Gasteiger partial charge is 0.383 e. The molecular formula is C20H24N2O6S. The molecule has 0 unspecified atom stereocenters. The quantitative estimate of drug-likeness (QED) is 0.367. The van der Waals surface area contributed by atoms with Crippen molar-refractivity contribution >= 4 is 21.7 Å². The van der Waals surface area contributed by atoms with Crippen molar-refractivity contribution in [2.75, 3.05) is 12.8 Å². The highest BCUT2D eigenvalue weighted by Crippen LogP contribution is 2.22. The van der Waals surface area contributed by atoms with Gasteiger partial charge in [0.1, 0.15) is 5.75 Å². The molecule has 0 saturated heterocycles. The molecule has 156 valence electrons. The van der Waals surface area contributed by atoms with Crippen molar-refractivity contribution in [3.63, 3.8) is 0 Å². The van der Waals surface area contributed by atoms with Gasteiger partial charge >= 0.3 is 10.1 Å². The predicted octanol–water partition coefficient (Wildman–Crippen LogP) is 3.54. The number of carbonyl (C=O) groups excluding carboxylic acids is 1. The molecule has 8 nitrogen and oxygen atoms in total. The summed E-state index contributed by atoms with van der Waals surface area (Å²) in [6, 6.07) is 10.8. The lowest BCUT2D eigenvalue weighted by atomic mass is 10.1. The number of nitro benzene ring substituents is 1. The SMILES string of the molecule is Cc1ccc(C(=O)N(Cc2ccc(OS(C)(=O)=O)cc2)CC(C)C)cc1[N+](=O)[O-]. The van der Waals surface area contributed by atoms with E-state index in [0.29, 0.717) is 12.1 Å². The number of carbonyl (C=O) groups is 1. The van der Waals surface area contributed by atoms with Crippen LogP contribution < -0.4 is 4.18 Å². The molecule has 0 atom stereocenters. The van der Waals surface area contributed by atoms with Crippen molar-refractivity contribution in [3.05, 3.63) is 69.3 Å². The summed E-state index contributed by atoms with van der Waals surface area (Å²) < 4.78 is 27.2. The zero-order chi connectivity index (χ0) is 21.8. The maximum atomic E-state index is 13.0. The molecule has 2 aromatic carbocycles. The van der Waals surface area contributed by atoms with Crippen LogP contribution in [-0.4, -0.2) is 36.9 Å². The Hall–Kier alpha value is -2.94. The molecule has 0 aromatic heterocycles. The molecule has 29 heavy (non-hydrogen) atoms. The van der Waals surface area contributed by atoms with Crippen molar-refractivity contribution in [3.8, 4) is 5.75 Å². The third kappa shape index (κ3) is 6.56. The van der Waals surface area contributed by atoms with E-state index in [-0.39, 0.29) is 35.4 Å². The summed E-state index contributed by atoms with van der Waals surface area (Å²) in [6.07, 6.45) is 0.963. The van der Waals surface area contributed by atoms with Gasteiger partial charge in [-0.1, -0.05) is 32.0 Å². The summed E-state index contributed by atoms with van der Waals surface area (Å²) in [4.78, 5) is 25.3. The number of rotatable bonds is 8. The highest BCUT2D eigenvalue weighted by Gasteiger charge is 2.21. The highest BCUT2D eigenvalue weighted by atomic mass is 32.2. The number of nitro groups is 1. The fourth-order valence-electron chi connectivity index (χ4n) is 2.83. The average Bonchev–Trinajstić information content (AvgIpc) is 2.60. The van der Waals surface area contributed by atoms with Gasteiger partial charge in [0.05, 0.1) is 11.2 Å². The predicted molar refractivity (Wildman–Crippen MR) is 109 cm³/mol. The summed E-state index contributed by atoms with van der Waals surface area (Å²) in [7, 11) is -3.61. The average molecular weight is 420 g/mol. The van der Waals surface area contributed by atoms with E-state index in [2.05, 4.69) is 0 Å². The van der Waals surface area contributed by atoms with Gasteiger partial charge in [0, 0.05) is 30.3 Å². The van der Waals surface area contributed by atoms with Crippen molar-refractivity contribution in [2.45, 2.75) is 27.3 Å². The normalized spacial score (nSPS) is 11.3. The fourth-order valence-corrected chi connectivity index (χ4v) is 3.29. The number of hydrogen-bond donors (Lipinski definition) is 0. The highest BCUT2D eigenvalue weighted by molar-refractivity contribution is 7.86. The van der Waals surface area contributed by atoms with E-state index in [0.717, 1.165) is 11.8 Å². The van der Waals surface area contributed by atoms with Gasteiger partial charge in [-0.25, -0.2) is 0 Å². The van der Waals surface area contributed by atoms with Gasteiger partial charge in [-0.2, -0.15) is 8.42 Å². The van der Waals surface area contributed by atoms with Gasteiger partial charge in [0.15, 0.2) is 0 Å². The molecule has 2 aromatic rings. The molecule has 0 saturated carbocycles. The molecule has 0 aliphatic carbocycles. The zero-order valence-electron chi connectivity index (χ0n) is 16.8. The van der Waals surface area contributed by atoms with E-state index in [9.17, 15) is 23.3 Å². The summed E-state index contributed by atoms with van der Waals surface area (Å²) in [6.45, 7) is 6.31. The van der Waals surface area contributed by atoms with Crippen LogP contribution in [0.3, 0.4) is 0 Å². The number of aryl methyl sites for hydroxylation is 1. The van der Waals surface area contributed by atoms with Crippen LogP contribution in [-0.2, 0) is 16.7 Å². The molecular weight excluding hydrogens is 396 g/mol. The molecule has 0 aliphatic heterocycles. The van der Waals surface area contributed by atoms with E-state index in [4.69, 9.17) is 4.18 Å². The smallest absolute Gasteiger partial charge is 0.306 e. The first-order valence-electron chi connectivity index (χ1n) is 8.99. The minimum Gasteiger partial charge on any atom is -0.383 e. The van der Waals surface area contributed by atoms with Crippen molar-refractivity contribution in [1.29, 1.82) is 0 Å². The van der Waals surface area contributed by atoms with Gasteiger partial charge in [0.25, 0.3) is 11.6 Å². The van der Waals surface area contributed by atoms with Gasteiger partial charge in [0.2, 0.25) is 0 Å². The Labute approximate surface area is 170 Å². The Kier molecular flexibility index (Phi) is 6.97. The second kappa shape index (κ2) is 9.04. The van der Waals surface area contributed by atoms with E-state index < -0.39 is 15.0 Å². The zero-order valence-corrected chi connectivity index (χ0v) is 17.6. The number of benzene rings is 2. The minimum atomic E-state index is -3.61. The standard InChI is InChI=1S/C20H24N2O6S/c1-14(2)12-21(13-16-6-9-18(10-7-16)28-29(4,26)27)20(23)17-8-5-15(3)19(11-17)22(24)25/h5-11,14H,12-13H2,1-4H3. The first-order valence-corrected chi connectivity index (χ1v) is 10.8. The van der Waals surface area contributed by atoms with Crippen molar-refractivity contribution < 1.29 is 22.3 Å². The first-order chi connectivity index (χ1) is 13.5. The maximum Gasteiger partial charge on any atom is 0.306 e. The molecule has 0 radical (unpaired) electrons. The Morgan fingerprint density at radius 2 is 1.79 bits per heavy atom. The minimum absolute atomic E-state index is 0.0948. The third-order valence-corrected chi connectivity index (χ3v) is 4.57. The number of amides is 1. The molecule has 2 rings (SSSR count). The van der Waals surface area contributed by atoms with Gasteiger partial charge in [-0.3, -0.25) is 14.9 Å². The van der Waals surface area contributed by atoms with Crippen LogP contribution in [0.2, 0.25) is 0 Å². The molecule has 0 heterocycles. The molecule has 0 spiro atoms. The topological polar surface area (TPSA) is 107 Å². The molecule has 1 amide bonds. The second-order valence-corrected chi connectivity index (χ2v) is 8.84. The van der Waals surface area contributed by atoms with Crippen LogP contribution in [0.5, 0.6) is 5.75 Å². The summed E-state index contributed by atoms with van der Waals surface area (Å²) >= 11 is 0. The van der Waals surface area contributed by atoms with Crippen LogP contribution in [0, 0.1) is 23.0 Å². The summed E-state index contributed by atoms with van der Waals surface area (Å²) in [5.41, 5.74) is 1.42. The van der Waals surface area contributed by atoms with Gasteiger partial charge in [-0.05, 0) is 36.6 Å². The van der Waals surface area contributed by atoms with Gasteiger partial charge in [-0.15, -0.1) is 0 Å². The lowest BCUT2D eigenvalue weighted by molar-refractivity contribution is -0.385. The molecule has 0 bridgehead atoms. The van der Waals surface area contributed by atoms with Crippen LogP contribution >= 0.6 is 0 Å². The Balaban J connectivity index is 2.26. The molecule has 0 fully saturated rings. The Morgan fingerprint density at radius 3 is 2.31 bits per heavy atom. The van der Waals surface area contributed by atoms with Crippen molar-refractivity contribution in [1.82, 2.24) is 4.90 Å². The van der Waals surface area contributed by atoms with Crippen LogP contribution in [0.4, 0.5) is 5.69 Å². The number of nitrogens with zero attached hydrogens (tertiary/aromatic N) is 2. The van der Waals surface area contributed by atoms with Crippen LogP contribution in [0.15, 0.2) is 42.5 Å². The van der Waals surface area contributed by atoms with Crippen molar-refractivity contribution in [2.24, 2.45) is 5.92 Å². The van der Waals surface area contributed by atoms with E-state index >= 15 is 0 Å². The fraction of sp³-hybridized carbons (Fsp3) is 0.350. The maximum absolute atomic E-state index is 13.0. The monoisotopic (exact) mass is 420 g/mol. The first kappa shape index (κ1) is 22.4. The van der Waals surface area contributed by atoms with E-state index in [1.165, 1.54) is 18.2 Å². The van der Waals surface area contributed by atoms with Gasteiger partial charge < -0.3 is 9.08 Å². The molecule has 0 aliphatic rings. The third-order valence-electron chi connectivity index (χ3n) is 4.07. The lowest BCUT2D eigenvalue weighted by Crippen LogP contribution is -2.33. The van der Waals surface area contributed by atoms with E-state index in [1.54, 1.807) is 36.1 Å². The summed E-state index contributed by atoms with van der Waals surface area (Å²) in [5, 5.41) is 11.2. The summed E-state index contributed by atoms with van der Waals surface area (Å²) in [5.74, 6) is 0.0673. The van der Waals surface area contributed by atoms with Crippen LogP contribution in [0.25, 0.3) is 0 Å². The molecule has 9 heteroatoms. The van der Waals surface area contributed by atoms with Crippen LogP contribution in [0.1, 0.15) is 35.3 Å². The number of hydrogen-bond acceptors (Lipinski definition) is 6. The lowest BCUT2D eigenvalue weighted by Gasteiger charge is -2.25. The molecule has 0 N–H and O–H groups in total.